The predicted octanol–water partition coefficient (Wildman–Crippen LogP) is 2.04. The second-order valence-corrected chi connectivity index (χ2v) is 5.92. The number of methoxy groups -OCH3 is 1. The molecule has 0 aliphatic rings. The number of esters is 1. The number of rotatable bonds is 4. The Morgan fingerprint density at radius 1 is 1.08 bits per heavy atom. The molecule has 3 rings (SSSR count). The number of fused-ring (bicyclic) bond motifs is 1. The van der Waals surface area contributed by atoms with Crippen molar-refractivity contribution in [2.45, 2.75) is 13.1 Å². The van der Waals surface area contributed by atoms with Crippen molar-refractivity contribution in [1.82, 2.24) is 9.13 Å². The van der Waals surface area contributed by atoms with Gasteiger partial charge in [0.2, 0.25) is 0 Å². The van der Waals surface area contributed by atoms with Gasteiger partial charge in [0, 0.05) is 5.02 Å². The maximum Gasteiger partial charge on any atom is 0.332 e. The highest BCUT2D eigenvalue weighted by Gasteiger charge is 2.15. The Morgan fingerprint density at radius 3 is 2.56 bits per heavy atom. The first-order chi connectivity index (χ1) is 12.0. The van der Waals surface area contributed by atoms with Gasteiger partial charge in [0.1, 0.15) is 6.54 Å². The molecule has 0 N–H and O–H groups in total. The van der Waals surface area contributed by atoms with Crippen LogP contribution < -0.4 is 11.2 Å². The molecule has 0 bridgehead atoms. The van der Waals surface area contributed by atoms with Gasteiger partial charge in [-0.3, -0.25) is 18.7 Å². The lowest BCUT2D eigenvalue weighted by atomic mass is 10.2. The number of ether oxygens (including phenoxy) is 1. The SMILES string of the molecule is COC(=O)Cn1c(=O)n(Cc2cccc(Cl)c2)c(=O)c2ccccc21. The van der Waals surface area contributed by atoms with Crippen molar-refractivity contribution >= 4 is 28.5 Å². The molecule has 25 heavy (non-hydrogen) atoms. The molecule has 3 aromatic rings. The van der Waals surface area contributed by atoms with Gasteiger partial charge in [-0.05, 0) is 29.8 Å². The molecule has 0 atom stereocenters. The molecule has 2 aromatic carbocycles. The molecule has 6 nitrogen and oxygen atoms in total. The fraction of sp³-hybridized carbons (Fsp3) is 0.167. The van der Waals surface area contributed by atoms with Crippen LogP contribution in [0.5, 0.6) is 0 Å². The smallest absolute Gasteiger partial charge is 0.332 e. The van der Waals surface area contributed by atoms with Crippen molar-refractivity contribution in [2.24, 2.45) is 0 Å². The Morgan fingerprint density at radius 2 is 1.84 bits per heavy atom. The van der Waals surface area contributed by atoms with E-state index in [4.69, 9.17) is 11.6 Å². The van der Waals surface area contributed by atoms with Gasteiger partial charge < -0.3 is 4.74 Å². The number of para-hydroxylation sites is 1. The normalized spacial score (nSPS) is 10.8. The number of benzene rings is 2. The lowest BCUT2D eigenvalue weighted by molar-refractivity contribution is -0.141. The summed E-state index contributed by atoms with van der Waals surface area (Å²) in [6, 6.07) is 13.6. The summed E-state index contributed by atoms with van der Waals surface area (Å²) in [6.07, 6.45) is 0. The topological polar surface area (TPSA) is 70.3 Å². The van der Waals surface area contributed by atoms with Crippen LogP contribution in [0.3, 0.4) is 0 Å². The summed E-state index contributed by atoms with van der Waals surface area (Å²) in [5.41, 5.74) is 0.118. The molecular formula is C18H15ClN2O4. The number of carbonyl (C=O) groups excluding carboxylic acids is 1. The fourth-order valence-electron chi connectivity index (χ4n) is 2.67. The van der Waals surface area contributed by atoms with E-state index >= 15 is 0 Å². The van der Waals surface area contributed by atoms with E-state index < -0.39 is 17.2 Å². The van der Waals surface area contributed by atoms with E-state index in [1.54, 1.807) is 48.5 Å². The van der Waals surface area contributed by atoms with Gasteiger partial charge in [0.15, 0.2) is 0 Å². The van der Waals surface area contributed by atoms with E-state index in [1.807, 2.05) is 0 Å². The minimum Gasteiger partial charge on any atom is -0.468 e. The number of aromatic nitrogens is 2. The van der Waals surface area contributed by atoms with Gasteiger partial charge in [-0.25, -0.2) is 4.79 Å². The Hall–Kier alpha value is -2.86. The first kappa shape index (κ1) is 17.0. The monoisotopic (exact) mass is 358 g/mol. The van der Waals surface area contributed by atoms with Gasteiger partial charge >= 0.3 is 11.7 Å². The molecule has 0 fully saturated rings. The number of nitrogens with zero attached hydrogens (tertiary/aromatic N) is 2. The molecule has 0 aliphatic carbocycles. The summed E-state index contributed by atoms with van der Waals surface area (Å²) >= 11 is 5.97. The molecular weight excluding hydrogens is 344 g/mol. The third-order valence-corrected chi connectivity index (χ3v) is 4.11. The largest absolute Gasteiger partial charge is 0.468 e. The van der Waals surface area contributed by atoms with Crippen LogP contribution in [0.2, 0.25) is 5.02 Å². The molecule has 0 saturated heterocycles. The highest BCUT2D eigenvalue weighted by atomic mass is 35.5. The average Bonchev–Trinajstić information content (AvgIpc) is 2.62. The third kappa shape index (κ3) is 3.34. The maximum atomic E-state index is 12.8. The van der Waals surface area contributed by atoms with Crippen molar-refractivity contribution in [3.63, 3.8) is 0 Å². The van der Waals surface area contributed by atoms with Gasteiger partial charge in [0.25, 0.3) is 5.56 Å². The zero-order valence-electron chi connectivity index (χ0n) is 13.4. The predicted molar refractivity (Wildman–Crippen MR) is 95.0 cm³/mol. The van der Waals surface area contributed by atoms with Crippen LogP contribution in [0.25, 0.3) is 10.9 Å². The Labute approximate surface area is 147 Å². The number of carbonyl (C=O) groups is 1. The summed E-state index contributed by atoms with van der Waals surface area (Å²) in [6.45, 7) is -0.212. The van der Waals surface area contributed by atoms with Crippen molar-refractivity contribution < 1.29 is 9.53 Å². The molecule has 1 heterocycles. The summed E-state index contributed by atoms with van der Waals surface area (Å²) in [5.74, 6) is -0.569. The number of hydrogen-bond donors (Lipinski definition) is 0. The highest BCUT2D eigenvalue weighted by molar-refractivity contribution is 6.30. The van der Waals surface area contributed by atoms with Gasteiger partial charge in [0.05, 0.1) is 24.6 Å². The van der Waals surface area contributed by atoms with Crippen LogP contribution in [-0.2, 0) is 22.6 Å². The van der Waals surface area contributed by atoms with E-state index in [2.05, 4.69) is 4.74 Å². The summed E-state index contributed by atoms with van der Waals surface area (Å²) in [7, 11) is 1.25. The van der Waals surface area contributed by atoms with E-state index in [-0.39, 0.29) is 13.1 Å². The van der Waals surface area contributed by atoms with Crippen molar-refractivity contribution in [3.8, 4) is 0 Å². The van der Waals surface area contributed by atoms with E-state index in [0.29, 0.717) is 21.5 Å². The Kier molecular flexibility index (Phi) is 4.72. The average molecular weight is 359 g/mol. The standard InChI is InChI=1S/C18H15ClN2O4/c1-25-16(22)11-20-15-8-3-2-7-14(15)17(23)21(18(20)24)10-12-5-4-6-13(19)9-12/h2-9H,10-11H2,1H3. The minimum atomic E-state index is -0.575. The molecule has 0 unspecified atom stereocenters. The van der Waals surface area contributed by atoms with E-state index in [0.717, 1.165) is 4.57 Å². The number of hydrogen-bond acceptors (Lipinski definition) is 4. The quantitative estimate of drug-likeness (QED) is 0.669. The zero-order chi connectivity index (χ0) is 18.0. The molecule has 0 radical (unpaired) electrons. The van der Waals surface area contributed by atoms with Crippen LogP contribution in [0, 0.1) is 0 Å². The van der Waals surface area contributed by atoms with Crippen molar-refractivity contribution in [2.75, 3.05) is 7.11 Å². The lowest BCUT2D eigenvalue weighted by Gasteiger charge is -2.13. The van der Waals surface area contributed by atoms with Crippen LogP contribution in [0.4, 0.5) is 0 Å². The second kappa shape index (κ2) is 6.94. The minimum absolute atomic E-state index is 0.0598. The highest BCUT2D eigenvalue weighted by Crippen LogP contribution is 2.12. The van der Waals surface area contributed by atoms with Gasteiger partial charge in [-0.1, -0.05) is 35.9 Å². The molecule has 7 heteroatoms. The maximum absolute atomic E-state index is 12.8. The second-order valence-electron chi connectivity index (χ2n) is 5.48. The van der Waals surface area contributed by atoms with Crippen LogP contribution in [0.15, 0.2) is 58.1 Å². The Balaban J connectivity index is 2.23. The zero-order valence-corrected chi connectivity index (χ0v) is 14.2. The van der Waals surface area contributed by atoms with Crippen molar-refractivity contribution in [1.29, 1.82) is 0 Å². The van der Waals surface area contributed by atoms with Crippen molar-refractivity contribution in [3.05, 3.63) is 80.0 Å². The van der Waals surface area contributed by atoms with Crippen LogP contribution >= 0.6 is 11.6 Å². The summed E-state index contributed by atoms with van der Waals surface area (Å²) < 4.78 is 7.00. The number of halogens is 1. The van der Waals surface area contributed by atoms with Crippen LogP contribution in [-0.4, -0.2) is 22.2 Å². The molecule has 0 amide bonds. The first-order valence-corrected chi connectivity index (χ1v) is 7.92. The summed E-state index contributed by atoms with van der Waals surface area (Å²) in [5, 5.41) is 0.870. The summed E-state index contributed by atoms with van der Waals surface area (Å²) in [4.78, 5) is 37.3. The lowest BCUT2D eigenvalue weighted by Crippen LogP contribution is -2.41. The fourth-order valence-corrected chi connectivity index (χ4v) is 2.89. The molecule has 0 saturated carbocycles. The van der Waals surface area contributed by atoms with E-state index in [9.17, 15) is 14.4 Å². The Bertz CT molecular complexity index is 1070. The molecule has 1 aromatic heterocycles. The van der Waals surface area contributed by atoms with Gasteiger partial charge in [-0.2, -0.15) is 0 Å². The molecule has 0 aliphatic heterocycles. The molecule has 128 valence electrons. The van der Waals surface area contributed by atoms with Crippen LogP contribution in [0.1, 0.15) is 5.56 Å². The molecule has 0 spiro atoms. The van der Waals surface area contributed by atoms with Gasteiger partial charge in [-0.15, -0.1) is 0 Å². The van der Waals surface area contributed by atoms with E-state index in [1.165, 1.54) is 11.7 Å². The third-order valence-electron chi connectivity index (χ3n) is 3.88. The first-order valence-electron chi connectivity index (χ1n) is 7.55.